The highest BCUT2D eigenvalue weighted by Gasteiger charge is 2.53. The van der Waals surface area contributed by atoms with Crippen LogP contribution in [0, 0.1) is 5.41 Å². The van der Waals surface area contributed by atoms with Gasteiger partial charge in [-0.05, 0) is 69.9 Å². The predicted molar refractivity (Wildman–Crippen MR) is 161 cm³/mol. The van der Waals surface area contributed by atoms with E-state index in [9.17, 15) is 19.2 Å². The normalized spacial score (nSPS) is 14.4. The first-order chi connectivity index (χ1) is 20.5. The minimum Gasteiger partial charge on any atom is -0.461 e. The number of esters is 2. The maximum atomic E-state index is 13.5. The average Bonchev–Trinajstić information content (AvgIpc) is 2.94. The Hall–Kier alpha value is -4.66. The summed E-state index contributed by atoms with van der Waals surface area (Å²) in [6.45, 7) is 5.31. The van der Waals surface area contributed by atoms with E-state index in [1.54, 1.807) is 45.0 Å². The quantitative estimate of drug-likeness (QED) is 0.199. The molecule has 0 heterocycles. The van der Waals surface area contributed by atoms with Crippen LogP contribution >= 0.6 is 0 Å². The zero-order chi connectivity index (χ0) is 30.9. The Kier molecular flexibility index (Phi) is 10.2. The van der Waals surface area contributed by atoms with E-state index in [-0.39, 0.29) is 19.4 Å². The molecule has 0 aliphatic heterocycles. The zero-order valence-electron chi connectivity index (χ0n) is 24.8. The first-order valence-corrected chi connectivity index (χ1v) is 14.4. The number of carbonyl (C=O) groups is 4. The second kappa shape index (κ2) is 14.0. The van der Waals surface area contributed by atoms with E-state index in [0.29, 0.717) is 36.4 Å². The van der Waals surface area contributed by atoms with Gasteiger partial charge in [0.25, 0.3) is 0 Å². The summed E-state index contributed by atoms with van der Waals surface area (Å²) >= 11 is 0. The van der Waals surface area contributed by atoms with Crippen molar-refractivity contribution in [3.8, 4) is 11.5 Å². The molecule has 1 fully saturated rings. The van der Waals surface area contributed by atoms with Gasteiger partial charge in [0.2, 0.25) is 11.8 Å². The van der Waals surface area contributed by atoms with Crippen molar-refractivity contribution >= 4 is 29.4 Å². The number of hydrogen-bond acceptors (Lipinski definition) is 7. The summed E-state index contributed by atoms with van der Waals surface area (Å²) in [5.41, 5.74) is -0.870. The van der Waals surface area contributed by atoms with Crippen LogP contribution in [0.3, 0.4) is 0 Å². The van der Waals surface area contributed by atoms with Crippen molar-refractivity contribution in [2.45, 2.75) is 71.1 Å². The van der Waals surface area contributed by atoms with E-state index in [0.717, 1.165) is 5.56 Å². The van der Waals surface area contributed by atoms with Gasteiger partial charge in [0.15, 0.2) is 0 Å². The number of rotatable bonds is 12. The summed E-state index contributed by atoms with van der Waals surface area (Å²) in [6.07, 6.45) is 1.17. The Morgan fingerprint density at radius 3 is 2.14 bits per heavy atom. The van der Waals surface area contributed by atoms with E-state index in [4.69, 9.17) is 14.2 Å². The highest BCUT2D eigenvalue weighted by Crippen LogP contribution is 2.43. The van der Waals surface area contributed by atoms with Crippen LogP contribution in [-0.4, -0.2) is 35.4 Å². The number of benzene rings is 3. The smallest absolute Gasteiger partial charge is 0.322 e. The van der Waals surface area contributed by atoms with Crippen molar-refractivity contribution in [2.24, 2.45) is 5.41 Å². The number of amides is 2. The van der Waals surface area contributed by atoms with Crippen LogP contribution in [0.4, 0.5) is 5.69 Å². The molecule has 9 heteroatoms. The molecule has 2 amide bonds. The molecule has 3 aromatic carbocycles. The first-order valence-electron chi connectivity index (χ1n) is 14.4. The monoisotopic (exact) mass is 586 g/mol. The van der Waals surface area contributed by atoms with Crippen molar-refractivity contribution in [3.05, 3.63) is 90.5 Å². The van der Waals surface area contributed by atoms with Gasteiger partial charge in [0.05, 0.1) is 0 Å². The third-order valence-electron chi connectivity index (χ3n) is 7.01. The second-order valence-electron chi connectivity index (χ2n) is 11.6. The van der Waals surface area contributed by atoms with Gasteiger partial charge in [-0.1, -0.05) is 61.0 Å². The van der Waals surface area contributed by atoms with Crippen LogP contribution in [-0.2, 0) is 35.3 Å². The van der Waals surface area contributed by atoms with Gasteiger partial charge in [-0.3, -0.25) is 19.2 Å². The molecule has 3 aromatic rings. The van der Waals surface area contributed by atoms with Crippen LogP contribution in [0.1, 0.15) is 58.4 Å². The van der Waals surface area contributed by atoms with Crippen LogP contribution in [0.15, 0.2) is 84.9 Å². The Balaban J connectivity index is 1.46. The van der Waals surface area contributed by atoms with Crippen LogP contribution in [0.2, 0.25) is 0 Å². The maximum Gasteiger partial charge on any atom is 0.322 e. The lowest BCUT2D eigenvalue weighted by atomic mass is 9.67. The standard InChI is InChI=1S/C34H38N2O7/c1-33(2,3)43-32(40)34(20-11-21-34)31(39)36-28(18-19-29(37)41-23-24-12-6-4-7-13-24)30(38)35-25-14-10-17-27(22-25)42-26-15-8-5-9-16-26/h4-10,12-17,22,28H,11,18-21,23H2,1-3H3,(H,35,38)(H,36,39). The molecule has 43 heavy (non-hydrogen) atoms. The summed E-state index contributed by atoms with van der Waals surface area (Å²) in [5, 5.41) is 5.55. The fourth-order valence-electron chi connectivity index (χ4n) is 4.56. The molecule has 1 saturated carbocycles. The van der Waals surface area contributed by atoms with Gasteiger partial charge in [0.1, 0.15) is 35.2 Å². The third-order valence-corrected chi connectivity index (χ3v) is 7.01. The van der Waals surface area contributed by atoms with E-state index >= 15 is 0 Å². The number of carbonyl (C=O) groups excluding carboxylic acids is 4. The summed E-state index contributed by atoms with van der Waals surface area (Å²) in [5.74, 6) is -1.12. The number of hydrogen-bond donors (Lipinski definition) is 2. The summed E-state index contributed by atoms with van der Waals surface area (Å²) in [6, 6.07) is 24.2. The van der Waals surface area contributed by atoms with Crippen LogP contribution < -0.4 is 15.4 Å². The van der Waals surface area contributed by atoms with Gasteiger partial charge < -0.3 is 24.8 Å². The first kappa shape index (κ1) is 31.3. The van der Waals surface area contributed by atoms with Crippen LogP contribution in [0.5, 0.6) is 11.5 Å². The van der Waals surface area contributed by atoms with Crippen molar-refractivity contribution in [1.82, 2.24) is 5.32 Å². The largest absolute Gasteiger partial charge is 0.461 e. The van der Waals surface area contributed by atoms with Gasteiger partial charge >= 0.3 is 11.9 Å². The van der Waals surface area contributed by atoms with E-state index in [1.807, 2.05) is 60.7 Å². The molecule has 2 N–H and O–H groups in total. The Morgan fingerprint density at radius 2 is 1.51 bits per heavy atom. The topological polar surface area (TPSA) is 120 Å². The van der Waals surface area contributed by atoms with Crippen molar-refractivity contribution in [1.29, 1.82) is 0 Å². The average molecular weight is 587 g/mol. The van der Waals surface area contributed by atoms with Crippen LogP contribution in [0.25, 0.3) is 0 Å². The fourth-order valence-corrected chi connectivity index (χ4v) is 4.56. The molecule has 4 rings (SSSR count). The molecular formula is C34H38N2O7. The molecule has 226 valence electrons. The molecule has 1 aliphatic rings. The number of anilines is 1. The number of nitrogens with one attached hydrogen (secondary N) is 2. The van der Waals surface area contributed by atoms with Gasteiger partial charge in [-0.2, -0.15) is 0 Å². The Bertz CT molecular complexity index is 1410. The summed E-state index contributed by atoms with van der Waals surface area (Å²) in [7, 11) is 0. The van der Waals surface area contributed by atoms with Crippen molar-refractivity contribution < 1.29 is 33.4 Å². The molecule has 1 unspecified atom stereocenters. The lowest BCUT2D eigenvalue weighted by Gasteiger charge is -2.40. The second-order valence-corrected chi connectivity index (χ2v) is 11.6. The van der Waals surface area contributed by atoms with Crippen molar-refractivity contribution in [3.63, 3.8) is 0 Å². The van der Waals surface area contributed by atoms with Gasteiger partial charge in [-0.15, -0.1) is 0 Å². The zero-order valence-corrected chi connectivity index (χ0v) is 24.8. The lowest BCUT2D eigenvalue weighted by Crippen LogP contribution is -2.57. The maximum absolute atomic E-state index is 13.5. The lowest BCUT2D eigenvalue weighted by molar-refractivity contribution is -0.177. The van der Waals surface area contributed by atoms with Gasteiger partial charge in [-0.25, -0.2) is 0 Å². The van der Waals surface area contributed by atoms with E-state index in [1.165, 1.54) is 0 Å². The molecular weight excluding hydrogens is 548 g/mol. The van der Waals surface area contributed by atoms with E-state index in [2.05, 4.69) is 10.6 Å². The minimum atomic E-state index is -1.37. The molecule has 1 atom stereocenters. The summed E-state index contributed by atoms with van der Waals surface area (Å²) < 4.78 is 16.8. The third kappa shape index (κ3) is 8.91. The highest BCUT2D eigenvalue weighted by atomic mass is 16.6. The predicted octanol–water partition coefficient (Wildman–Crippen LogP) is 5.94. The molecule has 0 saturated heterocycles. The SMILES string of the molecule is CC(C)(C)OC(=O)C1(C(=O)NC(CCC(=O)OCc2ccccc2)C(=O)Nc2cccc(Oc3ccccc3)c2)CCC1. The fraction of sp³-hybridized carbons (Fsp3) is 0.353. The molecule has 0 spiro atoms. The Labute approximate surface area is 251 Å². The molecule has 1 aliphatic carbocycles. The molecule has 0 radical (unpaired) electrons. The summed E-state index contributed by atoms with van der Waals surface area (Å²) in [4.78, 5) is 52.7. The molecule has 0 aromatic heterocycles. The number of para-hydroxylation sites is 1. The van der Waals surface area contributed by atoms with Gasteiger partial charge in [0, 0.05) is 18.2 Å². The van der Waals surface area contributed by atoms with E-state index < -0.39 is 40.8 Å². The minimum absolute atomic E-state index is 0.0319. The molecule has 9 nitrogen and oxygen atoms in total. The molecule has 0 bridgehead atoms. The highest BCUT2D eigenvalue weighted by molar-refractivity contribution is 6.06. The number of ether oxygens (including phenoxy) is 3. The van der Waals surface area contributed by atoms with Crippen molar-refractivity contribution in [2.75, 3.05) is 5.32 Å². The Morgan fingerprint density at radius 1 is 0.860 bits per heavy atom.